The number of hydrogen-bond donors (Lipinski definition) is 2. The van der Waals surface area contributed by atoms with Gasteiger partial charge in [0.1, 0.15) is 5.82 Å². The minimum Gasteiger partial charge on any atom is -0.477 e. The molecule has 4 heterocycles. The zero-order valence-electron chi connectivity index (χ0n) is 19.7. The fourth-order valence-electron chi connectivity index (χ4n) is 4.42. The molecule has 2 aliphatic rings. The van der Waals surface area contributed by atoms with Crippen molar-refractivity contribution < 1.29 is 9.53 Å². The van der Waals surface area contributed by atoms with Crippen molar-refractivity contribution in [1.82, 2.24) is 30.5 Å². The standard InChI is InChI=1S/C25H28N8O2/c1-3-15(2)28-25(34)24-29-20(12-21(30-24)35-14-18-11-17(18)13-26)33-9-6-16(7-10-33)22-19-5-4-8-27-23(19)32-31-22/h4-5,8,12,16-18H,2-3,6-7,9-11,14H2,1H3,(H,28,34)(H,27,31,32)/t17?,18-/m1/s1. The zero-order valence-corrected chi connectivity index (χ0v) is 19.7. The number of pyridine rings is 1. The summed E-state index contributed by atoms with van der Waals surface area (Å²) >= 11 is 0. The molecule has 1 unspecified atom stereocenters. The summed E-state index contributed by atoms with van der Waals surface area (Å²) in [6.45, 7) is 7.69. The van der Waals surface area contributed by atoms with Gasteiger partial charge >= 0.3 is 0 Å². The van der Waals surface area contributed by atoms with Crippen LogP contribution in [0.25, 0.3) is 11.0 Å². The highest BCUT2D eigenvalue weighted by Gasteiger charge is 2.38. The maximum absolute atomic E-state index is 12.8. The van der Waals surface area contributed by atoms with E-state index in [0.29, 0.717) is 36.3 Å². The van der Waals surface area contributed by atoms with E-state index in [1.165, 1.54) is 0 Å². The molecule has 1 aliphatic carbocycles. The Kier molecular flexibility index (Phi) is 6.31. The van der Waals surface area contributed by atoms with Gasteiger partial charge in [-0.25, -0.2) is 9.97 Å². The van der Waals surface area contributed by atoms with Gasteiger partial charge in [-0.2, -0.15) is 15.3 Å². The van der Waals surface area contributed by atoms with E-state index in [1.807, 2.05) is 19.1 Å². The van der Waals surface area contributed by atoms with E-state index in [0.717, 1.165) is 49.1 Å². The van der Waals surface area contributed by atoms with Crippen LogP contribution < -0.4 is 15.0 Å². The highest BCUT2D eigenvalue weighted by Crippen LogP contribution is 2.38. The summed E-state index contributed by atoms with van der Waals surface area (Å²) in [6.07, 6.45) is 5.03. The first-order valence-corrected chi connectivity index (χ1v) is 12.0. The summed E-state index contributed by atoms with van der Waals surface area (Å²) in [4.78, 5) is 28.1. The lowest BCUT2D eigenvalue weighted by atomic mass is 9.92. The van der Waals surface area contributed by atoms with Crippen LogP contribution in [0.4, 0.5) is 5.82 Å². The minimum absolute atomic E-state index is 0.0414. The number of fused-ring (bicyclic) bond motifs is 1. The van der Waals surface area contributed by atoms with E-state index in [9.17, 15) is 4.79 Å². The summed E-state index contributed by atoms with van der Waals surface area (Å²) in [7, 11) is 0. The lowest BCUT2D eigenvalue weighted by molar-refractivity contribution is 0.0953. The van der Waals surface area contributed by atoms with E-state index in [4.69, 9.17) is 10.00 Å². The number of piperidine rings is 1. The topological polar surface area (TPSA) is 133 Å². The van der Waals surface area contributed by atoms with Crippen molar-refractivity contribution in [3.8, 4) is 11.9 Å². The van der Waals surface area contributed by atoms with Gasteiger partial charge in [-0.15, -0.1) is 0 Å². The predicted octanol–water partition coefficient (Wildman–Crippen LogP) is 3.32. The average molecular weight is 473 g/mol. The number of H-pyrrole nitrogens is 1. The Morgan fingerprint density at radius 2 is 2.20 bits per heavy atom. The van der Waals surface area contributed by atoms with Crippen LogP contribution in [0.1, 0.15) is 54.8 Å². The second-order valence-electron chi connectivity index (χ2n) is 9.11. The number of nitrogens with zero attached hydrogens (tertiary/aromatic N) is 6. The van der Waals surface area contributed by atoms with Crippen molar-refractivity contribution in [3.05, 3.63) is 48.2 Å². The highest BCUT2D eigenvalue weighted by molar-refractivity contribution is 5.92. The molecule has 2 atom stereocenters. The number of allylic oxidation sites excluding steroid dienone is 1. The lowest BCUT2D eigenvalue weighted by Gasteiger charge is -2.32. The first kappa shape index (κ1) is 22.8. The molecule has 0 radical (unpaired) electrons. The average Bonchev–Trinajstić information content (AvgIpc) is 3.54. The van der Waals surface area contributed by atoms with Gasteiger partial charge < -0.3 is 15.0 Å². The van der Waals surface area contributed by atoms with Gasteiger partial charge in [0.25, 0.3) is 5.91 Å². The third kappa shape index (κ3) is 4.94. The summed E-state index contributed by atoms with van der Waals surface area (Å²) in [6, 6.07) is 8.03. The summed E-state index contributed by atoms with van der Waals surface area (Å²) in [5, 5.41) is 20.4. The second kappa shape index (κ2) is 9.70. The van der Waals surface area contributed by atoms with E-state index >= 15 is 0 Å². The van der Waals surface area contributed by atoms with Crippen molar-refractivity contribution in [3.63, 3.8) is 0 Å². The number of nitriles is 1. The Morgan fingerprint density at radius 1 is 1.37 bits per heavy atom. The van der Waals surface area contributed by atoms with E-state index < -0.39 is 5.91 Å². The quantitative estimate of drug-likeness (QED) is 0.510. The molecule has 0 aromatic carbocycles. The molecule has 1 saturated carbocycles. The Labute approximate surface area is 203 Å². The fourth-order valence-corrected chi connectivity index (χ4v) is 4.42. The van der Waals surface area contributed by atoms with Crippen molar-refractivity contribution >= 4 is 22.8 Å². The number of anilines is 1. The first-order valence-electron chi connectivity index (χ1n) is 12.0. The molecule has 3 aromatic heterocycles. The van der Waals surface area contributed by atoms with Crippen molar-refractivity contribution in [2.24, 2.45) is 11.8 Å². The molecule has 1 aliphatic heterocycles. The molecule has 1 amide bonds. The Hall–Kier alpha value is -4.00. The number of hydrogen-bond acceptors (Lipinski definition) is 8. The van der Waals surface area contributed by atoms with Gasteiger partial charge in [0.2, 0.25) is 11.7 Å². The maximum Gasteiger partial charge on any atom is 0.293 e. The van der Waals surface area contributed by atoms with Crippen LogP contribution in [0.3, 0.4) is 0 Å². The molecule has 0 spiro atoms. The third-order valence-corrected chi connectivity index (χ3v) is 6.73. The Bertz CT molecular complexity index is 1290. The summed E-state index contributed by atoms with van der Waals surface area (Å²) in [5.41, 5.74) is 2.46. The lowest BCUT2D eigenvalue weighted by Crippen LogP contribution is -2.34. The van der Waals surface area contributed by atoms with Gasteiger partial charge in [0, 0.05) is 54.0 Å². The van der Waals surface area contributed by atoms with Crippen molar-refractivity contribution in [2.75, 3.05) is 24.6 Å². The van der Waals surface area contributed by atoms with E-state index in [2.05, 4.69) is 48.0 Å². The van der Waals surface area contributed by atoms with Gasteiger partial charge in [-0.3, -0.25) is 9.89 Å². The molecule has 5 rings (SSSR count). The molecule has 35 heavy (non-hydrogen) atoms. The minimum atomic E-state index is -0.406. The van der Waals surface area contributed by atoms with Gasteiger partial charge in [-0.05, 0) is 37.8 Å². The summed E-state index contributed by atoms with van der Waals surface area (Å²) < 4.78 is 5.89. The normalized spacial score (nSPS) is 19.8. The number of aromatic nitrogens is 5. The zero-order chi connectivity index (χ0) is 24.4. The number of rotatable bonds is 8. The predicted molar refractivity (Wildman–Crippen MR) is 130 cm³/mol. The molecular weight excluding hydrogens is 444 g/mol. The van der Waals surface area contributed by atoms with E-state index in [1.54, 1.807) is 12.3 Å². The van der Waals surface area contributed by atoms with Crippen molar-refractivity contribution in [1.29, 1.82) is 5.26 Å². The number of carbonyl (C=O) groups is 1. The number of ether oxygens (including phenoxy) is 1. The van der Waals surface area contributed by atoms with Gasteiger partial charge in [-0.1, -0.05) is 13.5 Å². The highest BCUT2D eigenvalue weighted by atomic mass is 16.5. The number of carbonyl (C=O) groups excluding carboxylic acids is 1. The van der Waals surface area contributed by atoms with Gasteiger partial charge in [0.15, 0.2) is 5.65 Å². The molecule has 10 nitrogen and oxygen atoms in total. The van der Waals surface area contributed by atoms with Gasteiger partial charge in [0.05, 0.1) is 18.6 Å². The molecule has 0 bridgehead atoms. The maximum atomic E-state index is 12.8. The molecule has 180 valence electrons. The number of amides is 1. The first-order chi connectivity index (χ1) is 17.1. The smallest absolute Gasteiger partial charge is 0.293 e. The monoisotopic (exact) mass is 472 g/mol. The van der Waals surface area contributed by atoms with Crippen molar-refractivity contribution in [2.45, 2.75) is 38.5 Å². The molecule has 1 saturated heterocycles. The molecule has 2 fully saturated rings. The second-order valence-corrected chi connectivity index (χ2v) is 9.11. The molecular formula is C25H28N8O2. The van der Waals surface area contributed by atoms with Crippen LogP contribution in [-0.2, 0) is 0 Å². The molecule has 10 heteroatoms. The molecule has 2 N–H and O–H groups in total. The molecule has 3 aromatic rings. The van der Waals surface area contributed by atoms with Crippen LogP contribution in [0.2, 0.25) is 0 Å². The largest absolute Gasteiger partial charge is 0.477 e. The fraction of sp³-hybridized carbons (Fsp3) is 0.440. The number of aromatic amines is 1. The SMILES string of the molecule is C=C(CC)NC(=O)c1nc(OC[C@H]2CC2C#N)cc(N2CCC(c3[nH]nc4ncccc34)CC2)n1. The Morgan fingerprint density at radius 3 is 2.94 bits per heavy atom. The number of nitrogens with one attached hydrogen (secondary N) is 2. The van der Waals surface area contributed by atoms with Crippen LogP contribution in [0, 0.1) is 23.2 Å². The third-order valence-electron chi connectivity index (χ3n) is 6.73. The van der Waals surface area contributed by atoms with E-state index in [-0.39, 0.29) is 17.7 Å². The summed E-state index contributed by atoms with van der Waals surface area (Å²) in [5.74, 6) is 1.24. The van der Waals surface area contributed by atoms with Crippen LogP contribution in [0.5, 0.6) is 5.88 Å². The van der Waals surface area contributed by atoms with Crippen LogP contribution >= 0.6 is 0 Å². The van der Waals surface area contributed by atoms with Crippen LogP contribution in [-0.4, -0.2) is 50.8 Å². The Balaban J connectivity index is 1.32. The van der Waals surface area contributed by atoms with Crippen LogP contribution in [0.15, 0.2) is 36.7 Å².